The first-order valence-electron chi connectivity index (χ1n) is 6.32. The van der Waals surface area contributed by atoms with E-state index in [1.54, 1.807) is 13.3 Å². The Kier molecular flexibility index (Phi) is 4.38. The minimum absolute atomic E-state index is 0.134. The van der Waals surface area contributed by atoms with Crippen LogP contribution in [0, 0.1) is 0 Å². The molecular weight excluding hydrogens is 230 g/mol. The predicted molar refractivity (Wildman–Crippen MR) is 71.1 cm³/mol. The maximum Gasteiger partial charge on any atom is 0.169 e. The Morgan fingerprint density at radius 1 is 1.44 bits per heavy atom. The summed E-state index contributed by atoms with van der Waals surface area (Å²) >= 11 is 0. The average Bonchev–Trinajstić information content (AvgIpc) is 2.78. The molecule has 0 radical (unpaired) electrons. The zero-order chi connectivity index (χ0) is 13.0. The number of methoxy groups -OCH3 is 1. The number of hydrogen-bond donors (Lipinski definition) is 2. The molecular formula is C13H21N3O2. The summed E-state index contributed by atoms with van der Waals surface area (Å²) < 4.78 is 11.2. The van der Waals surface area contributed by atoms with E-state index < -0.39 is 0 Å². The molecule has 2 atom stereocenters. The molecule has 2 N–H and O–H groups in total. The smallest absolute Gasteiger partial charge is 0.169 e. The lowest BCUT2D eigenvalue weighted by Gasteiger charge is -2.21. The van der Waals surface area contributed by atoms with Crippen molar-refractivity contribution in [1.29, 1.82) is 0 Å². The number of nitrogens with zero attached hydrogens (tertiary/aromatic N) is 1. The van der Waals surface area contributed by atoms with E-state index in [0.717, 1.165) is 24.7 Å². The molecule has 1 unspecified atom stereocenters. The Balaban J connectivity index is 2.08. The molecule has 5 nitrogen and oxygen atoms in total. The first-order chi connectivity index (χ1) is 8.70. The Morgan fingerprint density at radius 3 is 3.00 bits per heavy atom. The summed E-state index contributed by atoms with van der Waals surface area (Å²) in [5.74, 6) is 1.57. The molecule has 0 amide bonds. The van der Waals surface area contributed by atoms with Gasteiger partial charge in [0.2, 0.25) is 0 Å². The van der Waals surface area contributed by atoms with E-state index in [1.165, 1.54) is 0 Å². The van der Waals surface area contributed by atoms with Crippen LogP contribution in [0.25, 0.3) is 0 Å². The summed E-state index contributed by atoms with van der Waals surface area (Å²) in [6, 6.07) is 4.03. The molecule has 1 saturated heterocycles. The Bertz CT molecular complexity index is 384. The van der Waals surface area contributed by atoms with Gasteiger partial charge in [0.05, 0.1) is 18.2 Å². The number of hydrogen-bond acceptors (Lipinski definition) is 5. The topological polar surface area (TPSA) is 55.4 Å². The van der Waals surface area contributed by atoms with Crippen molar-refractivity contribution in [3.63, 3.8) is 0 Å². The first-order valence-corrected chi connectivity index (χ1v) is 6.32. The van der Waals surface area contributed by atoms with Gasteiger partial charge in [-0.25, -0.2) is 4.98 Å². The van der Waals surface area contributed by atoms with E-state index in [0.29, 0.717) is 0 Å². The second-order valence-corrected chi connectivity index (χ2v) is 4.70. The Hall–Kier alpha value is -1.33. The Labute approximate surface area is 108 Å². The largest absolute Gasteiger partial charge is 0.487 e. The van der Waals surface area contributed by atoms with Crippen molar-refractivity contribution in [2.24, 2.45) is 0 Å². The molecule has 100 valence electrons. The third-order valence-corrected chi connectivity index (χ3v) is 2.92. The molecule has 18 heavy (non-hydrogen) atoms. The average molecular weight is 251 g/mol. The number of pyridine rings is 1. The van der Waals surface area contributed by atoms with Crippen LogP contribution in [0.2, 0.25) is 0 Å². The lowest BCUT2D eigenvalue weighted by molar-refractivity contribution is 0.111. The van der Waals surface area contributed by atoms with Crippen molar-refractivity contribution in [3.8, 4) is 5.75 Å². The van der Waals surface area contributed by atoms with E-state index >= 15 is 0 Å². The summed E-state index contributed by atoms with van der Waals surface area (Å²) in [5.41, 5.74) is 0. The molecule has 2 heterocycles. The van der Waals surface area contributed by atoms with Crippen molar-refractivity contribution < 1.29 is 9.47 Å². The number of aromatic nitrogens is 1. The van der Waals surface area contributed by atoms with Crippen LogP contribution >= 0.6 is 0 Å². The highest BCUT2D eigenvalue weighted by atomic mass is 16.5. The van der Waals surface area contributed by atoms with Gasteiger partial charge in [-0.2, -0.15) is 0 Å². The van der Waals surface area contributed by atoms with Crippen molar-refractivity contribution in [2.75, 3.05) is 25.5 Å². The zero-order valence-corrected chi connectivity index (χ0v) is 11.1. The summed E-state index contributed by atoms with van der Waals surface area (Å²) in [4.78, 5) is 4.34. The van der Waals surface area contributed by atoms with E-state index in [1.807, 2.05) is 26.0 Å². The van der Waals surface area contributed by atoms with Crippen molar-refractivity contribution in [2.45, 2.75) is 32.1 Å². The van der Waals surface area contributed by atoms with Gasteiger partial charge in [0.15, 0.2) is 11.6 Å². The van der Waals surface area contributed by atoms with Crippen LogP contribution < -0.4 is 15.4 Å². The van der Waals surface area contributed by atoms with Crippen LogP contribution in [0.3, 0.4) is 0 Å². The van der Waals surface area contributed by atoms with Crippen LogP contribution in [0.5, 0.6) is 5.75 Å². The lowest BCUT2D eigenvalue weighted by Crippen LogP contribution is -2.34. The van der Waals surface area contributed by atoms with Gasteiger partial charge in [0.25, 0.3) is 0 Å². The molecule has 1 aromatic rings. The van der Waals surface area contributed by atoms with Gasteiger partial charge >= 0.3 is 0 Å². The quantitative estimate of drug-likeness (QED) is 0.825. The summed E-state index contributed by atoms with van der Waals surface area (Å²) in [7, 11) is 1.73. The molecule has 1 aliphatic heterocycles. The fourth-order valence-corrected chi connectivity index (χ4v) is 2.07. The number of nitrogens with one attached hydrogen (secondary N) is 2. The van der Waals surface area contributed by atoms with E-state index in [9.17, 15) is 0 Å². The highest BCUT2D eigenvalue weighted by molar-refractivity contribution is 5.50. The third kappa shape index (κ3) is 3.11. The molecule has 0 bridgehead atoms. The van der Waals surface area contributed by atoms with Crippen LogP contribution in [-0.2, 0) is 4.74 Å². The molecule has 0 aromatic carbocycles. The number of ether oxygens (including phenoxy) is 2. The molecule has 0 aliphatic carbocycles. The minimum atomic E-state index is 0.134. The normalized spacial score (nSPS) is 23.3. The van der Waals surface area contributed by atoms with E-state index in [2.05, 4.69) is 15.6 Å². The lowest BCUT2D eigenvalue weighted by atomic mass is 10.2. The molecule has 1 aliphatic rings. The van der Waals surface area contributed by atoms with Crippen LogP contribution in [0.15, 0.2) is 18.3 Å². The Morgan fingerprint density at radius 2 is 2.28 bits per heavy atom. The number of rotatable bonds is 5. The predicted octanol–water partition coefficient (Wildman–Crippen LogP) is 1.27. The van der Waals surface area contributed by atoms with Gasteiger partial charge < -0.3 is 20.1 Å². The number of anilines is 1. The van der Waals surface area contributed by atoms with Gasteiger partial charge in [-0.15, -0.1) is 0 Å². The first kappa shape index (κ1) is 13.1. The van der Waals surface area contributed by atoms with Crippen LogP contribution in [0.4, 0.5) is 5.82 Å². The fourth-order valence-electron chi connectivity index (χ4n) is 2.07. The minimum Gasteiger partial charge on any atom is -0.487 e. The highest BCUT2D eigenvalue weighted by Gasteiger charge is 2.27. The molecule has 0 spiro atoms. The second kappa shape index (κ2) is 6.02. The molecule has 1 aromatic heterocycles. The maximum atomic E-state index is 5.74. The van der Waals surface area contributed by atoms with Crippen LogP contribution in [0.1, 0.15) is 13.8 Å². The monoisotopic (exact) mass is 251 g/mol. The van der Waals surface area contributed by atoms with Gasteiger partial charge in [-0.05, 0) is 26.0 Å². The maximum absolute atomic E-state index is 5.74. The standard InChI is InChI=1S/C13H21N3O2/c1-9(2)18-11-5-4-6-15-13(11)16-10-7-14-8-12(10)17-3/h4-6,9-10,12,14H,7-8H2,1-3H3,(H,15,16)/t10?,12-/m0/s1. The van der Waals surface area contributed by atoms with Gasteiger partial charge in [-0.1, -0.05) is 0 Å². The van der Waals surface area contributed by atoms with Gasteiger partial charge in [0, 0.05) is 26.4 Å². The van der Waals surface area contributed by atoms with Crippen molar-refractivity contribution in [3.05, 3.63) is 18.3 Å². The van der Waals surface area contributed by atoms with Gasteiger partial charge in [-0.3, -0.25) is 0 Å². The van der Waals surface area contributed by atoms with E-state index in [-0.39, 0.29) is 18.2 Å². The molecule has 1 fully saturated rings. The molecule has 2 rings (SSSR count). The van der Waals surface area contributed by atoms with Crippen molar-refractivity contribution in [1.82, 2.24) is 10.3 Å². The highest BCUT2D eigenvalue weighted by Crippen LogP contribution is 2.24. The van der Waals surface area contributed by atoms with E-state index in [4.69, 9.17) is 9.47 Å². The summed E-state index contributed by atoms with van der Waals surface area (Å²) in [6.07, 6.45) is 2.06. The third-order valence-electron chi connectivity index (χ3n) is 2.92. The van der Waals surface area contributed by atoms with Crippen LogP contribution in [-0.4, -0.2) is 43.4 Å². The molecule has 0 saturated carbocycles. The fraction of sp³-hybridized carbons (Fsp3) is 0.615. The summed E-state index contributed by atoms with van der Waals surface area (Å²) in [5, 5.41) is 6.69. The van der Waals surface area contributed by atoms with Gasteiger partial charge in [0.1, 0.15) is 0 Å². The molecule has 5 heteroatoms. The summed E-state index contributed by atoms with van der Waals surface area (Å²) in [6.45, 7) is 5.75. The van der Waals surface area contributed by atoms with Crippen molar-refractivity contribution >= 4 is 5.82 Å². The SMILES string of the molecule is CO[C@H]1CNCC1Nc1ncccc1OC(C)C. The zero-order valence-electron chi connectivity index (χ0n) is 11.1. The second-order valence-electron chi connectivity index (χ2n) is 4.70.